The van der Waals surface area contributed by atoms with E-state index in [0.717, 1.165) is 0 Å². The van der Waals surface area contributed by atoms with Crippen LogP contribution in [0.5, 0.6) is 17.2 Å². The molecule has 0 saturated heterocycles. The molecule has 184 valence electrons. The molecule has 1 amide bonds. The van der Waals surface area contributed by atoms with Crippen molar-refractivity contribution in [1.29, 1.82) is 0 Å². The van der Waals surface area contributed by atoms with E-state index in [-0.39, 0.29) is 30.4 Å². The molecule has 0 fully saturated rings. The summed E-state index contributed by atoms with van der Waals surface area (Å²) in [5.41, 5.74) is 7.58. The van der Waals surface area contributed by atoms with Crippen LogP contribution in [0.4, 0.5) is 5.69 Å². The number of esters is 1. The van der Waals surface area contributed by atoms with Crippen LogP contribution in [0.1, 0.15) is 47.2 Å². The highest BCUT2D eigenvalue weighted by atomic mass is 16.6. The number of pyridine rings is 1. The number of nitrogens with zero attached hydrogens (tertiary/aromatic N) is 1. The molecule has 9 heteroatoms. The highest BCUT2D eigenvalue weighted by Gasteiger charge is 2.27. The van der Waals surface area contributed by atoms with Crippen molar-refractivity contribution < 1.29 is 28.5 Å². The van der Waals surface area contributed by atoms with Gasteiger partial charge < -0.3 is 30.0 Å². The lowest BCUT2D eigenvalue weighted by Crippen LogP contribution is -2.48. The van der Waals surface area contributed by atoms with Crippen LogP contribution in [0, 0.1) is 6.92 Å². The lowest BCUT2D eigenvalue weighted by atomic mass is 10.0. The minimum absolute atomic E-state index is 0.131. The summed E-state index contributed by atoms with van der Waals surface area (Å²) in [6.07, 6.45) is 0. The van der Waals surface area contributed by atoms with Gasteiger partial charge in [-0.2, -0.15) is 0 Å². The number of rotatable bonds is 7. The molecule has 1 aliphatic heterocycles. The molecule has 3 N–H and O–H groups in total. The second-order valence-electron chi connectivity index (χ2n) is 8.81. The van der Waals surface area contributed by atoms with Gasteiger partial charge in [-0.1, -0.05) is 12.1 Å². The van der Waals surface area contributed by atoms with E-state index in [1.807, 2.05) is 13.8 Å². The molecule has 1 aromatic heterocycles. The Balaban J connectivity index is 1.56. The van der Waals surface area contributed by atoms with Crippen LogP contribution in [0.2, 0.25) is 0 Å². The zero-order valence-corrected chi connectivity index (χ0v) is 20.3. The Morgan fingerprint density at radius 1 is 1.14 bits per heavy atom. The van der Waals surface area contributed by atoms with E-state index < -0.39 is 11.5 Å². The van der Waals surface area contributed by atoms with Gasteiger partial charge in [-0.25, -0.2) is 4.79 Å². The summed E-state index contributed by atoms with van der Waals surface area (Å²) in [5.74, 6) is 0.596. The SMILES string of the molecule is CCOC(=O)c1c(C)nc2cccc(OCC(C)(C)NC(=O)c3cccc4c3OCCO4)c2c1N. The Bertz CT molecular complexity index is 1290. The summed E-state index contributed by atoms with van der Waals surface area (Å²) < 4.78 is 22.5. The minimum atomic E-state index is -0.756. The molecule has 4 rings (SSSR count). The highest BCUT2D eigenvalue weighted by Crippen LogP contribution is 2.35. The minimum Gasteiger partial charge on any atom is -0.490 e. The Morgan fingerprint density at radius 3 is 2.66 bits per heavy atom. The number of carbonyl (C=O) groups excluding carboxylic acids is 2. The molecule has 0 unspecified atom stereocenters. The number of aryl methyl sites for hydroxylation is 1. The predicted molar refractivity (Wildman–Crippen MR) is 131 cm³/mol. The molecule has 0 aliphatic carbocycles. The number of carbonyl (C=O) groups is 2. The second-order valence-corrected chi connectivity index (χ2v) is 8.81. The molecule has 0 atom stereocenters. The van der Waals surface area contributed by atoms with E-state index >= 15 is 0 Å². The van der Waals surface area contributed by atoms with Crippen LogP contribution >= 0.6 is 0 Å². The van der Waals surface area contributed by atoms with Gasteiger partial charge in [0.25, 0.3) is 5.91 Å². The molecule has 3 aromatic rings. The van der Waals surface area contributed by atoms with E-state index in [0.29, 0.717) is 52.6 Å². The molecule has 2 heterocycles. The summed E-state index contributed by atoms with van der Waals surface area (Å²) in [6.45, 7) is 8.32. The number of anilines is 1. The topological polar surface area (TPSA) is 122 Å². The number of hydrogen-bond acceptors (Lipinski definition) is 8. The van der Waals surface area contributed by atoms with Gasteiger partial charge in [0.05, 0.1) is 40.0 Å². The molecule has 0 bridgehead atoms. The van der Waals surface area contributed by atoms with Gasteiger partial charge in [-0.15, -0.1) is 0 Å². The third kappa shape index (κ3) is 4.94. The van der Waals surface area contributed by atoms with Crippen molar-refractivity contribution in [1.82, 2.24) is 10.3 Å². The van der Waals surface area contributed by atoms with E-state index in [1.54, 1.807) is 50.2 Å². The monoisotopic (exact) mass is 479 g/mol. The lowest BCUT2D eigenvalue weighted by molar-refractivity contribution is 0.0526. The predicted octanol–water partition coefficient (Wildman–Crippen LogP) is 3.66. The summed E-state index contributed by atoms with van der Waals surface area (Å²) in [7, 11) is 0. The molecule has 2 aromatic carbocycles. The normalized spacial score (nSPS) is 12.8. The fraction of sp³-hybridized carbons (Fsp3) is 0.346. The number of nitrogens with two attached hydrogens (primary N) is 1. The van der Waals surface area contributed by atoms with Crippen LogP contribution in [0.15, 0.2) is 36.4 Å². The number of hydrogen-bond donors (Lipinski definition) is 2. The molecule has 0 spiro atoms. The van der Waals surface area contributed by atoms with Crippen molar-refractivity contribution in [2.24, 2.45) is 0 Å². The van der Waals surface area contributed by atoms with Gasteiger partial charge in [-0.05, 0) is 52.0 Å². The summed E-state index contributed by atoms with van der Waals surface area (Å²) in [6, 6.07) is 10.6. The fourth-order valence-electron chi connectivity index (χ4n) is 3.94. The number of fused-ring (bicyclic) bond motifs is 2. The molecule has 1 aliphatic rings. The third-order valence-corrected chi connectivity index (χ3v) is 5.52. The zero-order chi connectivity index (χ0) is 25.2. The number of benzene rings is 2. The molecule has 0 saturated carbocycles. The van der Waals surface area contributed by atoms with Crippen molar-refractivity contribution in [3.8, 4) is 17.2 Å². The maximum Gasteiger partial charge on any atom is 0.342 e. The summed E-state index contributed by atoms with van der Waals surface area (Å²) >= 11 is 0. The number of nitrogen functional groups attached to an aromatic ring is 1. The van der Waals surface area contributed by atoms with E-state index in [1.165, 1.54) is 0 Å². The maximum atomic E-state index is 13.0. The Kier molecular flexibility index (Phi) is 6.68. The quantitative estimate of drug-likeness (QED) is 0.493. The van der Waals surface area contributed by atoms with Gasteiger partial charge in [-0.3, -0.25) is 9.78 Å². The number of ether oxygens (including phenoxy) is 4. The molecule has 9 nitrogen and oxygen atoms in total. The maximum absolute atomic E-state index is 13.0. The Morgan fingerprint density at radius 2 is 1.89 bits per heavy atom. The zero-order valence-electron chi connectivity index (χ0n) is 20.3. The van der Waals surface area contributed by atoms with Crippen LogP contribution in [-0.2, 0) is 4.74 Å². The molecule has 35 heavy (non-hydrogen) atoms. The number of aromatic nitrogens is 1. The summed E-state index contributed by atoms with van der Waals surface area (Å²) in [4.78, 5) is 30.0. The fourth-order valence-corrected chi connectivity index (χ4v) is 3.94. The standard InChI is InChI=1S/C26H29N3O6/c1-5-32-25(31)20-15(2)28-17-9-7-10-18(21(17)22(20)27)35-14-26(3,4)29-24(30)16-8-6-11-19-23(16)34-13-12-33-19/h6-11H,5,12-14H2,1-4H3,(H2,27,28)(H,29,30). The van der Waals surface area contributed by atoms with Crippen LogP contribution in [0.25, 0.3) is 10.9 Å². The number of nitrogens with one attached hydrogen (secondary N) is 1. The van der Waals surface area contributed by atoms with Crippen molar-refractivity contribution in [3.63, 3.8) is 0 Å². The number of para-hydroxylation sites is 1. The van der Waals surface area contributed by atoms with E-state index in [2.05, 4.69) is 10.3 Å². The van der Waals surface area contributed by atoms with Crippen molar-refractivity contribution >= 4 is 28.5 Å². The molecular weight excluding hydrogens is 450 g/mol. The second kappa shape index (κ2) is 9.69. The molecule has 0 radical (unpaired) electrons. The average Bonchev–Trinajstić information content (AvgIpc) is 2.82. The first-order valence-corrected chi connectivity index (χ1v) is 11.4. The van der Waals surface area contributed by atoms with Gasteiger partial charge in [0.2, 0.25) is 0 Å². The Hall–Kier alpha value is -4.01. The van der Waals surface area contributed by atoms with Crippen molar-refractivity contribution in [2.75, 3.05) is 32.2 Å². The van der Waals surface area contributed by atoms with Crippen LogP contribution in [-0.4, -0.2) is 48.8 Å². The van der Waals surface area contributed by atoms with E-state index in [4.69, 9.17) is 24.7 Å². The van der Waals surface area contributed by atoms with Gasteiger partial charge in [0.1, 0.15) is 31.1 Å². The number of amides is 1. The van der Waals surface area contributed by atoms with E-state index in [9.17, 15) is 9.59 Å². The van der Waals surface area contributed by atoms with Gasteiger partial charge in [0, 0.05) is 0 Å². The first kappa shape index (κ1) is 24.1. The average molecular weight is 480 g/mol. The lowest BCUT2D eigenvalue weighted by Gasteiger charge is -2.28. The van der Waals surface area contributed by atoms with Crippen molar-refractivity contribution in [3.05, 3.63) is 53.2 Å². The molecular formula is C26H29N3O6. The van der Waals surface area contributed by atoms with Crippen molar-refractivity contribution in [2.45, 2.75) is 33.2 Å². The first-order chi connectivity index (χ1) is 16.7. The summed E-state index contributed by atoms with van der Waals surface area (Å²) in [5, 5.41) is 3.51. The smallest absolute Gasteiger partial charge is 0.342 e. The third-order valence-electron chi connectivity index (χ3n) is 5.52. The Labute approximate surface area is 203 Å². The highest BCUT2D eigenvalue weighted by molar-refractivity contribution is 6.07. The first-order valence-electron chi connectivity index (χ1n) is 11.4. The van der Waals surface area contributed by atoms with Crippen LogP contribution in [0.3, 0.4) is 0 Å². The van der Waals surface area contributed by atoms with Crippen LogP contribution < -0.4 is 25.3 Å². The largest absolute Gasteiger partial charge is 0.490 e. The van der Waals surface area contributed by atoms with Gasteiger partial charge >= 0.3 is 5.97 Å². The van der Waals surface area contributed by atoms with Gasteiger partial charge in [0.15, 0.2) is 11.5 Å².